The molecule has 1 saturated carbocycles. The summed E-state index contributed by atoms with van der Waals surface area (Å²) in [5.74, 6) is -0.649. The fourth-order valence-corrected chi connectivity index (χ4v) is 5.62. The first-order chi connectivity index (χ1) is 17.0. The molecule has 7 nitrogen and oxygen atoms in total. The zero-order valence-electron chi connectivity index (χ0n) is 21.5. The summed E-state index contributed by atoms with van der Waals surface area (Å²) in [6.45, 7) is 5.41. The van der Waals surface area contributed by atoms with Gasteiger partial charge in [-0.3, -0.25) is 13.9 Å². The summed E-state index contributed by atoms with van der Waals surface area (Å²) in [4.78, 5) is 28.6. The van der Waals surface area contributed by atoms with Crippen LogP contribution in [0.5, 0.6) is 0 Å². The Morgan fingerprint density at radius 3 is 2.33 bits per heavy atom. The number of benzene rings is 2. The van der Waals surface area contributed by atoms with Gasteiger partial charge in [-0.05, 0) is 61.9 Å². The minimum atomic E-state index is -3.80. The molecule has 36 heavy (non-hydrogen) atoms. The van der Waals surface area contributed by atoms with Gasteiger partial charge in [0, 0.05) is 17.6 Å². The SMILES string of the molecule is CC[C@H](C(=O)NC1CCCC1)N(Cc1ccccc1C)C(=O)CN(c1ccc(C)c(Cl)c1)S(C)(=O)=O. The highest BCUT2D eigenvalue weighted by Crippen LogP contribution is 2.26. The molecule has 2 aromatic rings. The number of carbonyl (C=O) groups is 2. The summed E-state index contributed by atoms with van der Waals surface area (Å²) in [6.07, 6.45) is 5.50. The number of amides is 2. The Balaban J connectivity index is 1.94. The lowest BCUT2D eigenvalue weighted by atomic mass is 10.1. The zero-order chi connectivity index (χ0) is 26.5. The van der Waals surface area contributed by atoms with Gasteiger partial charge >= 0.3 is 0 Å². The monoisotopic (exact) mass is 533 g/mol. The van der Waals surface area contributed by atoms with E-state index < -0.39 is 28.5 Å². The molecule has 0 aliphatic heterocycles. The summed E-state index contributed by atoms with van der Waals surface area (Å²) in [5.41, 5.74) is 3.01. The van der Waals surface area contributed by atoms with Gasteiger partial charge in [0.05, 0.1) is 11.9 Å². The van der Waals surface area contributed by atoms with Crippen molar-refractivity contribution in [3.05, 3.63) is 64.2 Å². The van der Waals surface area contributed by atoms with Crippen LogP contribution >= 0.6 is 11.6 Å². The standard InChI is InChI=1S/C27H36ClN3O4S/c1-5-25(27(33)29-22-12-8-9-13-22)30(17-21-11-7-6-10-19(21)2)26(32)18-31(36(4,34)35)23-15-14-20(3)24(28)16-23/h6-7,10-11,14-16,22,25H,5,8-9,12-13,17-18H2,1-4H3,(H,29,33)/t25-/m1/s1. The second kappa shape index (κ2) is 12.1. The Labute approximate surface area is 219 Å². The fourth-order valence-electron chi connectivity index (χ4n) is 4.61. The Kier molecular flexibility index (Phi) is 9.41. The lowest BCUT2D eigenvalue weighted by Gasteiger charge is -2.33. The van der Waals surface area contributed by atoms with Gasteiger partial charge in [0.1, 0.15) is 12.6 Å². The van der Waals surface area contributed by atoms with Crippen LogP contribution in [0.2, 0.25) is 5.02 Å². The van der Waals surface area contributed by atoms with Crippen molar-refractivity contribution in [3.8, 4) is 0 Å². The molecule has 1 aliphatic carbocycles. The average molecular weight is 534 g/mol. The number of nitrogens with zero attached hydrogens (tertiary/aromatic N) is 2. The summed E-state index contributed by atoms with van der Waals surface area (Å²) in [5, 5.41) is 3.52. The van der Waals surface area contributed by atoms with Crippen LogP contribution in [0.1, 0.15) is 55.7 Å². The number of hydrogen-bond acceptors (Lipinski definition) is 4. The number of sulfonamides is 1. The highest BCUT2D eigenvalue weighted by atomic mass is 35.5. The third-order valence-corrected chi connectivity index (χ3v) is 8.36. The molecule has 3 rings (SSSR count). The second-order valence-electron chi connectivity index (χ2n) is 9.57. The molecule has 1 atom stereocenters. The largest absolute Gasteiger partial charge is 0.352 e. The summed E-state index contributed by atoms with van der Waals surface area (Å²) in [6, 6.07) is 12.0. The van der Waals surface area contributed by atoms with E-state index in [0.717, 1.165) is 52.9 Å². The van der Waals surface area contributed by atoms with Gasteiger partial charge in [-0.25, -0.2) is 8.42 Å². The Morgan fingerprint density at radius 2 is 1.75 bits per heavy atom. The first-order valence-electron chi connectivity index (χ1n) is 12.4. The number of carbonyl (C=O) groups excluding carboxylic acids is 2. The number of nitrogens with one attached hydrogen (secondary N) is 1. The molecular formula is C27H36ClN3O4S. The highest BCUT2D eigenvalue weighted by molar-refractivity contribution is 7.92. The molecular weight excluding hydrogens is 498 g/mol. The number of halogens is 1. The molecule has 2 aromatic carbocycles. The van der Waals surface area contributed by atoms with E-state index in [1.807, 2.05) is 45.0 Å². The third kappa shape index (κ3) is 7.01. The van der Waals surface area contributed by atoms with E-state index in [4.69, 9.17) is 11.6 Å². The molecule has 1 aliphatic rings. The van der Waals surface area contributed by atoms with Gasteiger partial charge in [0.2, 0.25) is 21.8 Å². The van der Waals surface area contributed by atoms with Crippen LogP contribution in [0, 0.1) is 13.8 Å². The van der Waals surface area contributed by atoms with Gasteiger partial charge in [-0.1, -0.05) is 61.7 Å². The Morgan fingerprint density at radius 1 is 1.08 bits per heavy atom. The highest BCUT2D eigenvalue weighted by Gasteiger charge is 2.33. The maximum Gasteiger partial charge on any atom is 0.244 e. The molecule has 0 saturated heterocycles. The van der Waals surface area contributed by atoms with E-state index in [1.54, 1.807) is 18.2 Å². The Hall–Kier alpha value is -2.58. The van der Waals surface area contributed by atoms with E-state index in [9.17, 15) is 18.0 Å². The predicted molar refractivity (Wildman–Crippen MR) is 145 cm³/mol. The van der Waals surface area contributed by atoms with Gasteiger partial charge in [-0.15, -0.1) is 0 Å². The van der Waals surface area contributed by atoms with E-state index in [1.165, 1.54) is 4.90 Å². The van der Waals surface area contributed by atoms with Gasteiger partial charge < -0.3 is 10.2 Å². The van der Waals surface area contributed by atoms with E-state index in [0.29, 0.717) is 17.1 Å². The molecule has 0 aromatic heterocycles. The van der Waals surface area contributed by atoms with Crippen molar-refractivity contribution in [1.29, 1.82) is 0 Å². The van der Waals surface area contributed by atoms with Crippen LogP contribution in [-0.2, 0) is 26.2 Å². The van der Waals surface area contributed by atoms with Crippen LogP contribution in [0.4, 0.5) is 5.69 Å². The smallest absolute Gasteiger partial charge is 0.244 e. The quantitative estimate of drug-likeness (QED) is 0.484. The van der Waals surface area contributed by atoms with E-state index >= 15 is 0 Å². The molecule has 2 amide bonds. The molecule has 1 fully saturated rings. The van der Waals surface area contributed by atoms with Gasteiger partial charge in [-0.2, -0.15) is 0 Å². The van der Waals surface area contributed by atoms with E-state index in [2.05, 4.69) is 5.32 Å². The number of hydrogen-bond donors (Lipinski definition) is 1. The van der Waals surface area contributed by atoms with Crippen molar-refractivity contribution < 1.29 is 18.0 Å². The van der Waals surface area contributed by atoms with Gasteiger partial charge in [0.25, 0.3) is 0 Å². The number of anilines is 1. The summed E-state index contributed by atoms with van der Waals surface area (Å²) < 4.78 is 26.5. The van der Waals surface area contributed by atoms with Gasteiger partial charge in [0.15, 0.2) is 0 Å². The predicted octanol–water partition coefficient (Wildman–Crippen LogP) is 4.59. The van der Waals surface area contributed by atoms with Crippen molar-refractivity contribution in [2.45, 2.75) is 71.5 Å². The second-order valence-corrected chi connectivity index (χ2v) is 11.9. The molecule has 0 unspecified atom stereocenters. The van der Waals surface area contributed by atoms with Crippen LogP contribution in [0.25, 0.3) is 0 Å². The first kappa shape index (κ1) is 28.0. The minimum absolute atomic E-state index is 0.115. The molecule has 196 valence electrons. The summed E-state index contributed by atoms with van der Waals surface area (Å²) >= 11 is 6.26. The van der Waals surface area contributed by atoms with Crippen molar-refractivity contribution in [3.63, 3.8) is 0 Å². The minimum Gasteiger partial charge on any atom is -0.352 e. The van der Waals surface area contributed by atoms with Crippen LogP contribution in [-0.4, -0.2) is 50.0 Å². The van der Waals surface area contributed by atoms with Crippen LogP contribution in [0.3, 0.4) is 0 Å². The van der Waals surface area contributed by atoms with Crippen molar-refractivity contribution in [2.24, 2.45) is 0 Å². The topological polar surface area (TPSA) is 86.8 Å². The maximum atomic E-state index is 13.8. The molecule has 1 N–H and O–H groups in total. The lowest BCUT2D eigenvalue weighted by molar-refractivity contribution is -0.140. The Bertz CT molecular complexity index is 1200. The molecule has 0 heterocycles. The zero-order valence-corrected chi connectivity index (χ0v) is 23.0. The van der Waals surface area contributed by atoms with E-state index in [-0.39, 0.29) is 18.5 Å². The molecule has 0 bridgehead atoms. The molecule has 0 spiro atoms. The summed E-state index contributed by atoms with van der Waals surface area (Å²) in [7, 11) is -3.80. The molecule has 9 heteroatoms. The van der Waals surface area contributed by atoms with Crippen LogP contribution < -0.4 is 9.62 Å². The lowest BCUT2D eigenvalue weighted by Crippen LogP contribution is -2.53. The maximum absolute atomic E-state index is 13.8. The fraction of sp³-hybridized carbons (Fsp3) is 0.481. The van der Waals surface area contributed by atoms with Crippen molar-refractivity contribution in [2.75, 3.05) is 17.1 Å². The first-order valence-corrected chi connectivity index (χ1v) is 14.6. The number of rotatable bonds is 10. The normalized spacial score (nSPS) is 14.9. The average Bonchev–Trinajstić information content (AvgIpc) is 3.32. The molecule has 0 radical (unpaired) electrons. The van der Waals surface area contributed by atoms with Crippen molar-refractivity contribution in [1.82, 2.24) is 10.2 Å². The third-order valence-electron chi connectivity index (χ3n) is 6.81. The van der Waals surface area contributed by atoms with Crippen LogP contribution in [0.15, 0.2) is 42.5 Å². The number of aryl methyl sites for hydroxylation is 2. The van der Waals surface area contributed by atoms with Crippen molar-refractivity contribution >= 4 is 39.1 Å².